The molecule has 0 aliphatic heterocycles. The second-order valence-electron chi connectivity index (χ2n) is 5.80. The highest BCUT2D eigenvalue weighted by molar-refractivity contribution is 7.89. The number of aryl methyl sites for hydroxylation is 2. The Hall–Kier alpha value is -0.880. The minimum Gasteiger partial charge on any atom is -0.281 e. The van der Waals surface area contributed by atoms with E-state index < -0.39 is 10.0 Å². The van der Waals surface area contributed by atoms with Gasteiger partial charge in [0.05, 0.1) is 11.4 Å². The van der Waals surface area contributed by atoms with E-state index in [1.807, 2.05) is 0 Å². The maximum atomic E-state index is 12.6. The molecule has 0 radical (unpaired) electrons. The highest BCUT2D eigenvalue weighted by Crippen LogP contribution is 2.29. The Bertz CT molecular complexity index is 525. The van der Waals surface area contributed by atoms with E-state index in [9.17, 15) is 8.42 Å². The molecule has 0 bridgehead atoms. The molecule has 114 valence electrons. The lowest BCUT2D eigenvalue weighted by atomic mass is 9.83. The maximum absolute atomic E-state index is 12.6. The van der Waals surface area contributed by atoms with Crippen molar-refractivity contribution in [3.8, 4) is 0 Å². The van der Waals surface area contributed by atoms with E-state index in [1.54, 1.807) is 13.8 Å². The first-order valence-electron chi connectivity index (χ1n) is 7.49. The van der Waals surface area contributed by atoms with Gasteiger partial charge in [-0.3, -0.25) is 5.10 Å². The van der Waals surface area contributed by atoms with Crippen LogP contribution in [0.25, 0.3) is 0 Å². The second-order valence-corrected chi connectivity index (χ2v) is 7.45. The van der Waals surface area contributed by atoms with Gasteiger partial charge in [-0.05, 0) is 39.0 Å². The second kappa shape index (κ2) is 6.26. The third kappa shape index (κ3) is 3.23. The van der Waals surface area contributed by atoms with Crippen LogP contribution in [-0.4, -0.2) is 24.7 Å². The summed E-state index contributed by atoms with van der Waals surface area (Å²) in [5.41, 5.74) is 1.14. The van der Waals surface area contributed by atoms with Gasteiger partial charge in [-0.15, -0.1) is 0 Å². The molecule has 2 N–H and O–H groups in total. The number of aromatic amines is 1. The van der Waals surface area contributed by atoms with Crippen molar-refractivity contribution >= 4 is 10.0 Å². The largest absolute Gasteiger partial charge is 0.281 e. The number of nitrogens with zero attached hydrogens (tertiary/aromatic N) is 1. The van der Waals surface area contributed by atoms with E-state index in [0.717, 1.165) is 19.3 Å². The summed E-state index contributed by atoms with van der Waals surface area (Å²) in [4.78, 5) is 0.312. The fourth-order valence-electron chi connectivity index (χ4n) is 3.24. The minimum absolute atomic E-state index is 0.0361. The van der Waals surface area contributed by atoms with Crippen LogP contribution in [0.4, 0.5) is 0 Å². The summed E-state index contributed by atoms with van der Waals surface area (Å²) in [6.07, 6.45) is 6.80. The normalized spacial score (nSPS) is 19.1. The van der Waals surface area contributed by atoms with Crippen LogP contribution in [0.3, 0.4) is 0 Å². The molecule has 1 aromatic heterocycles. The third-order valence-corrected chi connectivity index (χ3v) is 6.05. The fourth-order valence-corrected chi connectivity index (χ4v) is 5.00. The molecule has 1 fully saturated rings. The number of hydrogen-bond acceptors (Lipinski definition) is 3. The Balaban J connectivity index is 2.17. The Kier molecular flexibility index (Phi) is 4.86. The van der Waals surface area contributed by atoms with Gasteiger partial charge in [0.2, 0.25) is 10.0 Å². The summed E-state index contributed by atoms with van der Waals surface area (Å²) >= 11 is 0. The van der Waals surface area contributed by atoms with Crippen molar-refractivity contribution < 1.29 is 8.42 Å². The van der Waals surface area contributed by atoms with Crippen molar-refractivity contribution in [2.45, 2.75) is 70.2 Å². The van der Waals surface area contributed by atoms with Crippen LogP contribution in [-0.2, 0) is 10.0 Å². The average molecular weight is 299 g/mol. The van der Waals surface area contributed by atoms with Crippen molar-refractivity contribution in [1.29, 1.82) is 0 Å². The molecule has 1 aromatic rings. The predicted molar refractivity (Wildman–Crippen MR) is 79.0 cm³/mol. The molecule has 1 saturated carbocycles. The van der Waals surface area contributed by atoms with Gasteiger partial charge in [-0.2, -0.15) is 5.10 Å². The fraction of sp³-hybridized carbons (Fsp3) is 0.786. The molecule has 2 rings (SSSR count). The van der Waals surface area contributed by atoms with Crippen LogP contribution in [0.5, 0.6) is 0 Å². The van der Waals surface area contributed by atoms with Gasteiger partial charge in [0, 0.05) is 6.04 Å². The van der Waals surface area contributed by atoms with Crippen molar-refractivity contribution in [1.82, 2.24) is 14.9 Å². The molecule has 1 atom stereocenters. The number of aromatic nitrogens is 2. The van der Waals surface area contributed by atoms with Gasteiger partial charge in [-0.1, -0.05) is 26.2 Å². The van der Waals surface area contributed by atoms with E-state index in [-0.39, 0.29) is 6.04 Å². The summed E-state index contributed by atoms with van der Waals surface area (Å²) < 4.78 is 28.1. The minimum atomic E-state index is -3.48. The zero-order chi connectivity index (χ0) is 14.8. The summed E-state index contributed by atoms with van der Waals surface area (Å²) in [7, 11) is -3.48. The van der Waals surface area contributed by atoms with Gasteiger partial charge in [0.1, 0.15) is 4.90 Å². The van der Waals surface area contributed by atoms with E-state index in [0.29, 0.717) is 22.2 Å². The van der Waals surface area contributed by atoms with Crippen LogP contribution < -0.4 is 4.72 Å². The van der Waals surface area contributed by atoms with E-state index >= 15 is 0 Å². The lowest BCUT2D eigenvalue weighted by Gasteiger charge is -2.30. The molecule has 1 heterocycles. The summed E-state index contributed by atoms with van der Waals surface area (Å²) in [5, 5.41) is 6.73. The molecule has 6 heteroatoms. The number of H-pyrrole nitrogens is 1. The van der Waals surface area contributed by atoms with E-state index in [2.05, 4.69) is 21.8 Å². The molecule has 0 spiro atoms. The number of nitrogens with one attached hydrogen (secondary N) is 2. The van der Waals surface area contributed by atoms with Crippen molar-refractivity contribution in [2.24, 2.45) is 5.92 Å². The van der Waals surface area contributed by atoms with Gasteiger partial charge in [-0.25, -0.2) is 13.1 Å². The van der Waals surface area contributed by atoms with Crippen molar-refractivity contribution in [2.75, 3.05) is 0 Å². The molecular weight excluding hydrogens is 274 g/mol. The first-order chi connectivity index (χ1) is 9.45. The first-order valence-corrected chi connectivity index (χ1v) is 8.98. The van der Waals surface area contributed by atoms with Gasteiger partial charge >= 0.3 is 0 Å². The molecule has 1 aliphatic carbocycles. The Morgan fingerprint density at radius 1 is 1.30 bits per heavy atom. The van der Waals surface area contributed by atoms with Gasteiger partial charge < -0.3 is 0 Å². The maximum Gasteiger partial charge on any atom is 0.244 e. The van der Waals surface area contributed by atoms with E-state index in [1.165, 1.54) is 19.3 Å². The zero-order valence-corrected chi connectivity index (χ0v) is 13.4. The van der Waals surface area contributed by atoms with Crippen molar-refractivity contribution in [3.63, 3.8) is 0 Å². The van der Waals surface area contributed by atoms with Crippen LogP contribution in [0.1, 0.15) is 56.8 Å². The monoisotopic (exact) mass is 299 g/mol. The van der Waals surface area contributed by atoms with Gasteiger partial charge in [0.25, 0.3) is 0 Å². The quantitative estimate of drug-likeness (QED) is 0.877. The smallest absolute Gasteiger partial charge is 0.244 e. The Morgan fingerprint density at radius 2 is 1.95 bits per heavy atom. The average Bonchev–Trinajstić information content (AvgIpc) is 2.77. The molecule has 0 amide bonds. The number of rotatable bonds is 5. The molecule has 1 aliphatic rings. The number of hydrogen-bond donors (Lipinski definition) is 2. The molecule has 20 heavy (non-hydrogen) atoms. The standard InChI is InChI=1S/C14H25N3O2S/c1-4-13(12-8-6-5-7-9-12)17-20(18,19)14-10(2)15-16-11(14)3/h12-13,17H,4-9H2,1-3H3,(H,15,16). The first kappa shape index (κ1) is 15.5. The summed E-state index contributed by atoms with van der Waals surface area (Å²) in [6.45, 7) is 5.52. The lowest BCUT2D eigenvalue weighted by Crippen LogP contribution is -2.40. The molecule has 0 aromatic carbocycles. The highest BCUT2D eigenvalue weighted by Gasteiger charge is 2.29. The van der Waals surface area contributed by atoms with Crippen LogP contribution in [0, 0.1) is 19.8 Å². The van der Waals surface area contributed by atoms with Crippen LogP contribution >= 0.6 is 0 Å². The molecule has 1 unspecified atom stereocenters. The zero-order valence-electron chi connectivity index (χ0n) is 12.6. The number of sulfonamides is 1. The highest BCUT2D eigenvalue weighted by atomic mass is 32.2. The summed E-state index contributed by atoms with van der Waals surface area (Å²) in [6, 6.07) is 0.0361. The van der Waals surface area contributed by atoms with Crippen molar-refractivity contribution in [3.05, 3.63) is 11.4 Å². The molecular formula is C14H25N3O2S. The molecule has 0 saturated heterocycles. The lowest BCUT2D eigenvalue weighted by molar-refractivity contribution is 0.285. The van der Waals surface area contributed by atoms with Crippen LogP contribution in [0.15, 0.2) is 4.90 Å². The predicted octanol–water partition coefficient (Wildman–Crippen LogP) is 2.66. The van der Waals surface area contributed by atoms with Gasteiger partial charge in [0.15, 0.2) is 0 Å². The topological polar surface area (TPSA) is 74.8 Å². The Morgan fingerprint density at radius 3 is 2.45 bits per heavy atom. The summed E-state index contributed by atoms with van der Waals surface area (Å²) in [5.74, 6) is 0.469. The van der Waals surface area contributed by atoms with Crippen LogP contribution in [0.2, 0.25) is 0 Å². The Labute approximate surface area is 121 Å². The SMILES string of the molecule is CCC(NS(=O)(=O)c1c(C)n[nH]c1C)C1CCCCC1. The van der Waals surface area contributed by atoms with E-state index in [4.69, 9.17) is 0 Å². The molecule has 5 nitrogen and oxygen atoms in total. The third-order valence-electron chi connectivity index (χ3n) is 4.29.